The van der Waals surface area contributed by atoms with Crippen LogP contribution >= 0.6 is 11.6 Å². The summed E-state index contributed by atoms with van der Waals surface area (Å²) in [6.07, 6.45) is 1.88. The molecule has 4 aromatic rings. The molecule has 166 valence electrons. The zero-order valence-corrected chi connectivity index (χ0v) is 19.1. The van der Waals surface area contributed by atoms with Crippen LogP contribution in [-0.2, 0) is 6.42 Å². The van der Waals surface area contributed by atoms with Gasteiger partial charge in [-0.3, -0.25) is 9.30 Å². The average Bonchev–Trinajstić information content (AvgIpc) is 3.27. The van der Waals surface area contributed by atoms with E-state index >= 15 is 0 Å². The van der Waals surface area contributed by atoms with Crippen molar-refractivity contribution in [2.45, 2.75) is 19.8 Å². The number of aryl methyl sites for hydroxylation is 1. The molecule has 1 saturated heterocycles. The van der Waals surface area contributed by atoms with Crippen molar-refractivity contribution in [3.63, 3.8) is 0 Å². The largest absolute Gasteiger partial charge is 0.369 e. The maximum absolute atomic E-state index is 6.15. The maximum Gasteiger partial charge on any atom is 0.204 e. The summed E-state index contributed by atoms with van der Waals surface area (Å²) in [5, 5.41) is 13.1. The molecule has 7 nitrogen and oxygen atoms in total. The Kier molecular flexibility index (Phi) is 6.10. The zero-order chi connectivity index (χ0) is 21.9. The lowest BCUT2D eigenvalue weighted by Gasteiger charge is -2.36. The number of aromatic nitrogens is 4. The van der Waals surface area contributed by atoms with Gasteiger partial charge in [0.15, 0.2) is 5.82 Å². The Bertz CT molecular complexity index is 1210. The minimum Gasteiger partial charge on any atom is -0.369 e. The molecule has 1 aliphatic heterocycles. The third kappa shape index (κ3) is 4.23. The highest BCUT2D eigenvalue weighted by molar-refractivity contribution is 6.30. The number of halogens is 1. The number of rotatable bonds is 7. The Morgan fingerprint density at radius 3 is 2.66 bits per heavy atom. The van der Waals surface area contributed by atoms with Gasteiger partial charge in [-0.1, -0.05) is 36.7 Å². The van der Waals surface area contributed by atoms with Gasteiger partial charge in [0.1, 0.15) is 5.82 Å². The van der Waals surface area contributed by atoms with Gasteiger partial charge in [0.2, 0.25) is 5.65 Å². The van der Waals surface area contributed by atoms with Gasteiger partial charge in [0.25, 0.3) is 0 Å². The number of nitrogens with one attached hydrogen (secondary N) is 1. The van der Waals surface area contributed by atoms with Crippen molar-refractivity contribution in [2.75, 3.05) is 49.5 Å². The average molecular weight is 450 g/mol. The number of anilines is 2. The third-order valence-corrected chi connectivity index (χ3v) is 6.34. The van der Waals surface area contributed by atoms with Crippen LogP contribution in [0.4, 0.5) is 11.5 Å². The van der Waals surface area contributed by atoms with E-state index in [4.69, 9.17) is 16.6 Å². The molecular formula is C24H28ClN7. The maximum atomic E-state index is 6.15. The van der Waals surface area contributed by atoms with E-state index in [9.17, 15) is 0 Å². The van der Waals surface area contributed by atoms with Crippen LogP contribution in [0.2, 0.25) is 5.02 Å². The molecule has 0 radical (unpaired) electrons. The van der Waals surface area contributed by atoms with Gasteiger partial charge >= 0.3 is 0 Å². The fourth-order valence-corrected chi connectivity index (χ4v) is 4.59. The Labute approximate surface area is 193 Å². The Morgan fingerprint density at radius 2 is 1.84 bits per heavy atom. The minimum absolute atomic E-state index is 0.797. The van der Waals surface area contributed by atoms with E-state index in [-0.39, 0.29) is 0 Å². The summed E-state index contributed by atoms with van der Waals surface area (Å²) in [4.78, 5) is 9.76. The highest BCUT2D eigenvalue weighted by atomic mass is 35.5. The molecule has 3 heterocycles. The summed E-state index contributed by atoms with van der Waals surface area (Å²) in [7, 11) is 0. The van der Waals surface area contributed by atoms with Crippen LogP contribution in [0.25, 0.3) is 16.7 Å². The molecule has 1 aliphatic rings. The highest BCUT2D eigenvalue weighted by Gasteiger charge is 2.17. The van der Waals surface area contributed by atoms with Gasteiger partial charge < -0.3 is 10.2 Å². The van der Waals surface area contributed by atoms with Crippen LogP contribution in [0.5, 0.6) is 0 Å². The van der Waals surface area contributed by atoms with Gasteiger partial charge in [0.05, 0.1) is 11.0 Å². The molecule has 1 N–H and O–H groups in total. The quantitative estimate of drug-likeness (QED) is 0.428. The predicted octanol–water partition coefficient (Wildman–Crippen LogP) is 4.12. The normalized spacial score (nSPS) is 15.0. The Balaban J connectivity index is 1.18. The third-order valence-electron chi connectivity index (χ3n) is 6.10. The molecule has 0 atom stereocenters. The molecule has 0 amide bonds. The summed E-state index contributed by atoms with van der Waals surface area (Å²) in [5.74, 6) is 1.76. The van der Waals surface area contributed by atoms with Gasteiger partial charge in [-0.15, -0.1) is 10.2 Å². The van der Waals surface area contributed by atoms with Gasteiger partial charge in [0, 0.05) is 49.9 Å². The molecule has 0 bridgehead atoms. The molecule has 1 fully saturated rings. The lowest BCUT2D eigenvalue weighted by atomic mass is 10.2. The summed E-state index contributed by atoms with van der Waals surface area (Å²) < 4.78 is 2.12. The van der Waals surface area contributed by atoms with Crippen LogP contribution in [0.1, 0.15) is 19.2 Å². The number of hydrogen-bond acceptors (Lipinski definition) is 6. The van der Waals surface area contributed by atoms with Crippen LogP contribution in [0.3, 0.4) is 0 Å². The fraction of sp³-hybridized carbons (Fsp3) is 0.375. The summed E-state index contributed by atoms with van der Waals surface area (Å²) >= 11 is 6.15. The predicted molar refractivity (Wildman–Crippen MR) is 131 cm³/mol. The van der Waals surface area contributed by atoms with Crippen LogP contribution in [0.15, 0.2) is 48.5 Å². The number of para-hydroxylation sites is 2. The smallest absolute Gasteiger partial charge is 0.204 e. The first-order chi connectivity index (χ1) is 15.7. The highest BCUT2D eigenvalue weighted by Crippen LogP contribution is 2.23. The molecule has 8 heteroatoms. The number of piperazine rings is 1. The van der Waals surface area contributed by atoms with Crippen molar-refractivity contribution in [3.8, 4) is 0 Å². The summed E-state index contributed by atoms with van der Waals surface area (Å²) in [6, 6.07) is 16.3. The second kappa shape index (κ2) is 9.30. The molecule has 0 unspecified atom stereocenters. The van der Waals surface area contributed by atoms with Crippen molar-refractivity contribution < 1.29 is 0 Å². The number of nitrogens with zero attached hydrogens (tertiary/aromatic N) is 6. The number of hydrogen-bond donors (Lipinski definition) is 1. The molecule has 2 aromatic carbocycles. The molecular weight excluding hydrogens is 422 g/mol. The molecule has 0 saturated carbocycles. The van der Waals surface area contributed by atoms with Crippen molar-refractivity contribution in [1.82, 2.24) is 24.5 Å². The fourth-order valence-electron chi connectivity index (χ4n) is 4.40. The Hall–Kier alpha value is -2.90. The van der Waals surface area contributed by atoms with Gasteiger partial charge in [-0.2, -0.15) is 0 Å². The topological polar surface area (TPSA) is 61.6 Å². The second-order valence-electron chi connectivity index (χ2n) is 8.17. The van der Waals surface area contributed by atoms with Crippen molar-refractivity contribution >= 4 is 39.8 Å². The van der Waals surface area contributed by atoms with Crippen molar-refractivity contribution in [3.05, 3.63) is 59.4 Å². The first kappa shape index (κ1) is 21.0. The van der Waals surface area contributed by atoms with Gasteiger partial charge in [-0.05, 0) is 43.3 Å². The molecule has 32 heavy (non-hydrogen) atoms. The standard InChI is InChI=1S/C24H28ClN7/c1-2-22-28-29-24-23(27-20-9-3-4-10-21(20)32(22)24)26-11-6-12-30-13-15-31(16-14-30)19-8-5-7-18(25)17-19/h3-5,7-10,17H,2,6,11-16H2,1H3,(H,26,27). The van der Waals surface area contributed by atoms with E-state index in [1.54, 1.807) is 0 Å². The van der Waals surface area contributed by atoms with Crippen LogP contribution < -0.4 is 10.2 Å². The SMILES string of the molecule is CCc1nnc2c(NCCCN3CCN(c4cccc(Cl)c4)CC3)nc3ccccc3n12. The lowest BCUT2D eigenvalue weighted by molar-refractivity contribution is 0.257. The van der Waals surface area contributed by atoms with E-state index in [0.29, 0.717) is 0 Å². The van der Waals surface area contributed by atoms with E-state index in [2.05, 4.69) is 48.8 Å². The summed E-state index contributed by atoms with van der Waals surface area (Å²) in [5.41, 5.74) is 4.02. The van der Waals surface area contributed by atoms with E-state index in [1.165, 1.54) is 5.69 Å². The molecule has 0 spiro atoms. The van der Waals surface area contributed by atoms with Crippen LogP contribution in [-0.4, -0.2) is 63.8 Å². The Morgan fingerprint density at radius 1 is 1.00 bits per heavy atom. The molecule has 5 rings (SSSR count). The van der Waals surface area contributed by atoms with Crippen LogP contribution in [0, 0.1) is 0 Å². The number of fused-ring (bicyclic) bond motifs is 3. The molecule has 0 aliphatic carbocycles. The van der Waals surface area contributed by atoms with E-state index < -0.39 is 0 Å². The monoisotopic (exact) mass is 449 g/mol. The zero-order valence-electron chi connectivity index (χ0n) is 18.3. The second-order valence-corrected chi connectivity index (χ2v) is 8.60. The first-order valence-electron chi connectivity index (χ1n) is 11.3. The molecule has 2 aromatic heterocycles. The van der Waals surface area contributed by atoms with Crippen molar-refractivity contribution in [1.29, 1.82) is 0 Å². The first-order valence-corrected chi connectivity index (χ1v) is 11.7. The lowest BCUT2D eigenvalue weighted by Crippen LogP contribution is -2.46. The van der Waals surface area contributed by atoms with E-state index in [0.717, 1.165) is 85.5 Å². The summed E-state index contributed by atoms with van der Waals surface area (Å²) in [6.45, 7) is 8.20. The van der Waals surface area contributed by atoms with Crippen molar-refractivity contribution in [2.24, 2.45) is 0 Å². The van der Waals surface area contributed by atoms with Gasteiger partial charge in [-0.25, -0.2) is 4.98 Å². The number of benzene rings is 2. The van der Waals surface area contributed by atoms with E-state index in [1.807, 2.05) is 36.4 Å². The minimum atomic E-state index is 0.797.